The predicted octanol–water partition coefficient (Wildman–Crippen LogP) is 1.16. The quantitative estimate of drug-likeness (QED) is 0.590. The molecule has 0 saturated heterocycles. The van der Waals surface area contributed by atoms with Crippen molar-refractivity contribution in [2.75, 3.05) is 0 Å². The molecule has 70 valence electrons. The Balaban J connectivity index is 2.30. The van der Waals surface area contributed by atoms with Crippen LogP contribution in [0.5, 0.6) is 0 Å². The molecule has 1 aromatic carbocycles. The summed E-state index contributed by atoms with van der Waals surface area (Å²) in [6.45, 7) is 2.33. The molecule has 2 heteroatoms. The summed E-state index contributed by atoms with van der Waals surface area (Å²) in [5.41, 5.74) is 5.71. The van der Waals surface area contributed by atoms with Gasteiger partial charge in [0.15, 0.2) is 0 Å². The second-order valence-electron chi connectivity index (χ2n) is 4.64. The third-order valence-corrected chi connectivity index (χ3v) is 3.26. The Labute approximate surface area is 84.9 Å². The van der Waals surface area contributed by atoms with Gasteiger partial charge in [-0.1, -0.05) is 24.5 Å². The van der Waals surface area contributed by atoms with Crippen LogP contribution in [0.2, 0.25) is 0 Å². The molecule has 1 N–H and O–H groups in total. The second kappa shape index (κ2) is 2.66. The molecule has 1 aliphatic carbocycles. The first-order chi connectivity index (χ1) is 6.74. The average Bonchev–Trinajstić information content (AvgIpc) is 2.62. The van der Waals surface area contributed by atoms with Crippen LogP contribution in [0.1, 0.15) is 18.2 Å². The van der Waals surface area contributed by atoms with Crippen LogP contribution in [0, 0.1) is 5.92 Å². The van der Waals surface area contributed by atoms with E-state index < -0.39 is 0 Å². The smallest absolute Gasteiger partial charge is 0.139 e. The summed E-state index contributed by atoms with van der Waals surface area (Å²) in [6.07, 6.45) is 2.47. The van der Waals surface area contributed by atoms with Crippen molar-refractivity contribution < 1.29 is 0 Å². The van der Waals surface area contributed by atoms with E-state index in [0.717, 1.165) is 5.92 Å². The van der Waals surface area contributed by atoms with E-state index >= 15 is 0 Å². The molecule has 0 amide bonds. The van der Waals surface area contributed by atoms with Crippen LogP contribution in [0.25, 0.3) is 10.9 Å². The molecular weight excluding hydrogens is 169 g/mol. The first-order valence-electron chi connectivity index (χ1n) is 5.34. The highest BCUT2D eigenvalue weighted by molar-refractivity contribution is 6.33. The third kappa shape index (κ3) is 1.03. The van der Waals surface area contributed by atoms with E-state index in [1.165, 1.54) is 34.9 Å². The number of hydrogen-bond donors (Lipinski definition) is 1. The molecule has 1 aromatic heterocycles. The highest BCUT2D eigenvalue weighted by Gasteiger charge is 2.21. The van der Waals surface area contributed by atoms with Crippen molar-refractivity contribution >= 4 is 24.2 Å². The van der Waals surface area contributed by atoms with Crippen molar-refractivity contribution in [1.82, 2.24) is 4.98 Å². The molecule has 0 spiro atoms. The lowest BCUT2D eigenvalue weighted by atomic mass is 9.94. The van der Waals surface area contributed by atoms with Crippen LogP contribution in [-0.2, 0) is 12.8 Å². The molecule has 1 aliphatic rings. The summed E-state index contributed by atoms with van der Waals surface area (Å²) in [6, 6.07) is 6.69. The molecule has 1 heterocycles. The van der Waals surface area contributed by atoms with Crippen LogP contribution in [0.3, 0.4) is 0 Å². The molecule has 0 aliphatic heterocycles. The standard InChI is InChI=1S/C12H14BN/c1-7-4-9-10-6-8(13)2-3-11(10)14-12(9)5-7/h2-3,6-7,14H,4-5,13H2,1H3. The average molecular weight is 183 g/mol. The van der Waals surface area contributed by atoms with Crippen molar-refractivity contribution in [1.29, 1.82) is 0 Å². The maximum atomic E-state index is 3.53. The van der Waals surface area contributed by atoms with Crippen molar-refractivity contribution in [3.05, 3.63) is 29.5 Å². The van der Waals surface area contributed by atoms with Crippen molar-refractivity contribution in [2.45, 2.75) is 19.8 Å². The summed E-state index contributed by atoms with van der Waals surface area (Å²) < 4.78 is 0. The van der Waals surface area contributed by atoms with Crippen molar-refractivity contribution in [3.63, 3.8) is 0 Å². The number of aromatic amines is 1. The Morgan fingerprint density at radius 2 is 2.21 bits per heavy atom. The molecule has 0 radical (unpaired) electrons. The van der Waals surface area contributed by atoms with Crippen molar-refractivity contribution in [3.8, 4) is 0 Å². The minimum Gasteiger partial charge on any atom is -0.358 e. The van der Waals surface area contributed by atoms with E-state index in [1.54, 1.807) is 5.56 Å². The molecule has 1 atom stereocenters. The first kappa shape index (κ1) is 8.16. The second-order valence-corrected chi connectivity index (χ2v) is 4.64. The summed E-state index contributed by atoms with van der Waals surface area (Å²) in [5, 5.41) is 1.45. The highest BCUT2D eigenvalue weighted by atomic mass is 14.7. The van der Waals surface area contributed by atoms with Gasteiger partial charge in [-0.05, 0) is 30.4 Å². The number of aromatic nitrogens is 1. The van der Waals surface area contributed by atoms with Gasteiger partial charge < -0.3 is 4.98 Å². The molecule has 1 unspecified atom stereocenters. The van der Waals surface area contributed by atoms with Crippen LogP contribution >= 0.6 is 0 Å². The lowest BCUT2D eigenvalue weighted by molar-refractivity contribution is 0.623. The fraction of sp³-hybridized carbons (Fsp3) is 0.333. The minimum atomic E-state index is 0.821. The van der Waals surface area contributed by atoms with Gasteiger partial charge in [-0.25, -0.2) is 0 Å². The lowest BCUT2D eigenvalue weighted by Crippen LogP contribution is -2.00. The Morgan fingerprint density at radius 1 is 1.36 bits per heavy atom. The molecule has 0 saturated carbocycles. The summed E-state index contributed by atoms with van der Waals surface area (Å²) in [5.74, 6) is 0.821. The predicted molar refractivity (Wildman–Crippen MR) is 63.0 cm³/mol. The van der Waals surface area contributed by atoms with Crippen LogP contribution < -0.4 is 5.46 Å². The lowest BCUT2D eigenvalue weighted by Gasteiger charge is -2.00. The summed E-state index contributed by atoms with van der Waals surface area (Å²) in [7, 11) is 2.16. The van der Waals surface area contributed by atoms with Gasteiger partial charge in [0, 0.05) is 16.6 Å². The van der Waals surface area contributed by atoms with Crippen molar-refractivity contribution in [2.24, 2.45) is 5.92 Å². The van der Waals surface area contributed by atoms with Gasteiger partial charge in [0.1, 0.15) is 7.85 Å². The van der Waals surface area contributed by atoms with E-state index in [0.29, 0.717) is 0 Å². The monoisotopic (exact) mass is 183 g/mol. The number of benzene rings is 1. The van der Waals surface area contributed by atoms with E-state index in [1.807, 2.05) is 0 Å². The molecule has 2 aromatic rings. The number of fused-ring (bicyclic) bond motifs is 3. The zero-order chi connectivity index (χ0) is 9.71. The Hall–Kier alpha value is -1.18. The van der Waals surface area contributed by atoms with Gasteiger partial charge in [0.05, 0.1) is 0 Å². The van der Waals surface area contributed by atoms with E-state index in [9.17, 15) is 0 Å². The molecule has 0 fully saturated rings. The fourth-order valence-electron chi connectivity index (χ4n) is 2.59. The molecule has 0 bridgehead atoms. The Kier molecular flexibility index (Phi) is 1.55. The zero-order valence-electron chi connectivity index (χ0n) is 8.72. The molecule has 3 rings (SSSR count). The maximum absolute atomic E-state index is 3.53. The SMILES string of the molecule is Bc1ccc2[nH]c3c(c2c1)CC(C)C3. The van der Waals surface area contributed by atoms with E-state index in [4.69, 9.17) is 0 Å². The largest absolute Gasteiger partial charge is 0.358 e. The topological polar surface area (TPSA) is 15.8 Å². The summed E-state index contributed by atoms with van der Waals surface area (Å²) in [4.78, 5) is 3.53. The highest BCUT2D eigenvalue weighted by Crippen LogP contribution is 2.32. The Morgan fingerprint density at radius 3 is 3.07 bits per heavy atom. The van der Waals surface area contributed by atoms with Gasteiger partial charge in [0.25, 0.3) is 0 Å². The molecule has 14 heavy (non-hydrogen) atoms. The molecular formula is C12H14BN. The van der Waals surface area contributed by atoms with Gasteiger partial charge in [0.2, 0.25) is 0 Å². The number of rotatable bonds is 0. The van der Waals surface area contributed by atoms with Gasteiger partial charge in [-0.3, -0.25) is 0 Å². The minimum absolute atomic E-state index is 0.821. The van der Waals surface area contributed by atoms with Crippen LogP contribution in [0.4, 0.5) is 0 Å². The van der Waals surface area contributed by atoms with Crippen LogP contribution in [-0.4, -0.2) is 12.8 Å². The van der Waals surface area contributed by atoms with E-state index in [-0.39, 0.29) is 0 Å². The van der Waals surface area contributed by atoms with Gasteiger partial charge in [-0.2, -0.15) is 0 Å². The number of nitrogens with one attached hydrogen (secondary N) is 1. The van der Waals surface area contributed by atoms with Gasteiger partial charge in [-0.15, -0.1) is 0 Å². The maximum Gasteiger partial charge on any atom is 0.139 e. The van der Waals surface area contributed by atoms with E-state index in [2.05, 4.69) is 38.0 Å². The third-order valence-electron chi connectivity index (χ3n) is 3.26. The summed E-state index contributed by atoms with van der Waals surface area (Å²) >= 11 is 0. The van der Waals surface area contributed by atoms with Gasteiger partial charge >= 0.3 is 0 Å². The molecule has 1 nitrogen and oxygen atoms in total. The first-order valence-corrected chi connectivity index (χ1v) is 5.34. The number of hydrogen-bond acceptors (Lipinski definition) is 0. The number of H-pyrrole nitrogens is 1. The fourth-order valence-corrected chi connectivity index (χ4v) is 2.59. The zero-order valence-corrected chi connectivity index (χ0v) is 8.72. The Bertz CT molecular complexity index is 498. The van der Waals surface area contributed by atoms with Crippen LogP contribution in [0.15, 0.2) is 18.2 Å². The normalized spacial score (nSPS) is 20.2.